The molecule has 0 unspecified atom stereocenters. The van der Waals surface area contributed by atoms with Gasteiger partial charge in [0.25, 0.3) is 0 Å². The van der Waals surface area contributed by atoms with Gasteiger partial charge in [-0.15, -0.1) is 17.0 Å². The van der Waals surface area contributed by atoms with Crippen LogP contribution in [0, 0.1) is 0 Å². The fourth-order valence-corrected chi connectivity index (χ4v) is 3.88. The summed E-state index contributed by atoms with van der Waals surface area (Å²) in [5, 5.41) is 2.78. The zero-order valence-electron chi connectivity index (χ0n) is 15.2. The Labute approximate surface area is 189 Å². The molecule has 0 bridgehead atoms. The van der Waals surface area contributed by atoms with Crippen molar-refractivity contribution in [2.75, 3.05) is 13.2 Å². The van der Waals surface area contributed by atoms with Crippen molar-refractivity contribution in [3.63, 3.8) is 0 Å². The minimum absolute atomic E-state index is 0. The normalized spacial score (nSPS) is 18.3. The first-order chi connectivity index (χ1) is 12.9. The summed E-state index contributed by atoms with van der Waals surface area (Å²) in [5.74, 6) is 0.913. The van der Waals surface area contributed by atoms with Crippen LogP contribution in [0.15, 0.2) is 22.1 Å². The Morgan fingerprint density at radius 3 is 2.39 bits per heavy atom. The van der Waals surface area contributed by atoms with Crippen molar-refractivity contribution in [2.24, 2.45) is 21.5 Å². The lowest BCUT2D eigenvalue weighted by Crippen LogP contribution is -2.57. The van der Waals surface area contributed by atoms with Gasteiger partial charge in [0.05, 0.1) is 28.3 Å². The van der Waals surface area contributed by atoms with Gasteiger partial charge in [0.15, 0.2) is 5.66 Å². The van der Waals surface area contributed by atoms with Crippen LogP contribution in [0.5, 0.6) is 5.75 Å². The molecule has 28 heavy (non-hydrogen) atoms. The largest absolute Gasteiger partial charge is 0.492 e. The average Bonchev–Trinajstić information content (AvgIpc) is 2.61. The van der Waals surface area contributed by atoms with E-state index in [0.717, 1.165) is 25.7 Å². The number of nitrogens with zero attached hydrogens (tertiary/aromatic N) is 3. The fraction of sp³-hybridized carbons (Fsp3) is 0.529. The zero-order chi connectivity index (χ0) is 19.4. The molecule has 3 rings (SSSR count). The number of hydroxylamine groups is 2. The summed E-state index contributed by atoms with van der Waals surface area (Å²) in [7, 11) is 0. The molecule has 1 saturated carbocycles. The highest BCUT2D eigenvalue weighted by Crippen LogP contribution is 2.37. The minimum atomic E-state index is -0.554. The first kappa shape index (κ1) is 23.3. The third kappa shape index (κ3) is 5.36. The molecular formula is C17H23BrCl3N5O2. The summed E-state index contributed by atoms with van der Waals surface area (Å²) >= 11 is 18.0. The van der Waals surface area contributed by atoms with E-state index in [1.54, 1.807) is 17.2 Å². The van der Waals surface area contributed by atoms with E-state index in [0.29, 0.717) is 40.5 Å². The van der Waals surface area contributed by atoms with Crippen molar-refractivity contribution < 1.29 is 9.57 Å². The van der Waals surface area contributed by atoms with Crippen molar-refractivity contribution in [3.8, 4) is 5.75 Å². The SMILES string of the molecule is Br.NC1=NC2(CCCCC2)N(OCCCOc2cc(Cl)c(Cl)cc2Cl)C(N)=N1. The standard InChI is InChI=1S/C17H22Cl3N5O2.BrH/c18-11-9-13(20)14(10-12(11)19)26-7-4-8-27-25-16(22)23-15(21)24-17(25)5-2-1-3-6-17;/h9-10H,1-8H2,(H4,21,22,23,24);1H. The lowest BCUT2D eigenvalue weighted by molar-refractivity contribution is -0.178. The average molecular weight is 516 g/mol. The maximum Gasteiger partial charge on any atom is 0.226 e. The smallest absolute Gasteiger partial charge is 0.226 e. The first-order valence-electron chi connectivity index (χ1n) is 8.81. The summed E-state index contributed by atoms with van der Waals surface area (Å²) in [6, 6.07) is 3.15. The topological polar surface area (TPSA) is 98.5 Å². The molecule has 1 aliphatic heterocycles. The molecule has 1 heterocycles. The van der Waals surface area contributed by atoms with Gasteiger partial charge < -0.3 is 16.2 Å². The molecule has 1 aromatic carbocycles. The number of rotatable bonds is 6. The van der Waals surface area contributed by atoms with Gasteiger partial charge in [-0.05, 0) is 31.7 Å². The summed E-state index contributed by atoms with van der Waals surface area (Å²) in [6.07, 6.45) is 5.53. The molecule has 2 aliphatic rings. The highest BCUT2D eigenvalue weighted by Gasteiger charge is 2.42. The van der Waals surface area contributed by atoms with Gasteiger partial charge in [-0.1, -0.05) is 41.2 Å². The Balaban J connectivity index is 0.00000280. The first-order valence-corrected chi connectivity index (χ1v) is 9.95. The summed E-state index contributed by atoms with van der Waals surface area (Å²) in [4.78, 5) is 14.5. The second-order valence-electron chi connectivity index (χ2n) is 6.51. The third-order valence-electron chi connectivity index (χ3n) is 4.53. The van der Waals surface area contributed by atoms with Gasteiger partial charge in [0, 0.05) is 12.5 Å². The van der Waals surface area contributed by atoms with Gasteiger partial charge in [-0.2, -0.15) is 10.1 Å². The molecule has 156 valence electrons. The van der Waals surface area contributed by atoms with Gasteiger partial charge in [-0.3, -0.25) is 4.84 Å². The van der Waals surface area contributed by atoms with Crippen LogP contribution in [0.25, 0.3) is 0 Å². The molecule has 0 saturated heterocycles. The van der Waals surface area contributed by atoms with E-state index in [9.17, 15) is 0 Å². The van der Waals surface area contributed by atoms with Gasteiger partial charge in [0.1, 0.15) is 5.75 Å². The lowest BCUT2D eigenvalue weighted by Gasteiger charge is -2.44. The predicted molar refractivity (Wildman–Crippen MR) is 119 cm³/mol. The number of ether oxygens (including phenoxy) is 1. The van der Waals surface area contributed by atoms with E-state index >= 15 is 0 Å². The monoisotopic (exact) mass is 513 g/mol. The molecule has 11 heteroatoms. The van der Waals surface area contributed by atoms with Crippen LogP contribution in [0.2, 0.25) is 15.1 Å². The number of nitrogens with two attached hydrogens (primary N) is 2. The third-order valence-corrected chi connectivity index (χ3v) is 5.55. The van der Waals surface area contributed by atoms with Crippen molar-refractivity contribution in [3.05, 3.63) is 27.2 Å². The summed E-state index contributed by atoms with van der Waals surface area (Å²) < 4.78 is 5.66. The van der Waals surface area contributed by atoms with E-state index in [-0.39, 0.29) is 28.9 Å². The number of halogens is 4. The molecule has 1 fully saturated rings. The molecule has 1 spiro atoms. The highest BCUT2D eigenvalue weighted by atomic mass is 79.9. The summed E-state index contributed by atoms with van der Waals surface area (Å²) in [6.45, 7) is 0.771. The van der Waals surface area contributed by atoms with Crippen molar-refractivity contribution in [1.82, 2.24) is 5.06 Å². The number of hydrogen-bond donors (Lipinski definition) is 2. The van der Waals surface area contributed by atoms with Crippen LogP contribution in [-0.2, 0) is 4.84 Å². The van der Waals surface area contributed by atoms with Crippen LogP contribution in [-0.4, -0.2) is 35.9 Å². The number of benzene rings is 1. The fourth-order valence-electron chi connectivity index (χ4n) is 3.29. The number of aliphatic imine (C=N–C) groups is 2. The molecule has 0 radical (unpaired) electrons. The van der Waals surface area contributed by atoms with Gasteiger partial charge >= 0.3 is 0 Å². The Bertz CT molecular complexity index is 757. The van der Waals surface area contributed by atoms with E-state index in [1.165, 1.54) is 6.42 Å². The Morgan fingerprint density at radius 2 is 1.68 bits per heavy atom. The second kappa shape index (κ2) is 10.2. The highest BCUT2D eigenvalue weighted by molar-refractivity contribution is 8.93. The molecule has 7 nitrogen and oxygen atoms in total. The Hall–Kier alpha value is -0.930. The van der Waals surface area contributed by atoms with Crippen LogP contribution in [0.1, 0.15) is 38.5 Å². The molecular weight excluding hydrogens is 492 g/mol. The van der Waals surface area contributed by atoms with Crippen LogP contribution in [0.4, 0.5) is 0 Å². The van der Waals surface area contributed by atoms with Gasteiger partial charge in [0.2, 0.25) is 11.9 Å². The van der Waals surface area contributed by atoms with Crippen LogP contribution < -0.4 is 16.2 Å². The maximum absolute atomic E-state index is 6.10. The Morgan fingerprint density at radius 1 is 1.00 bits per heavy atom. The predicted octanol–water partition coefficient (Wildman–Crippen LogP) is 4.53. The molecule has 0 aromatic heterocycles. The molecule has 1 aromatic rings. The Kier molecular flexibility index (Phi) is 8.51. The number of guanidine groups is 2. The number of hydrogen-bond acceptors (Lipinski definition) is 7. The molecule has 1 aliphatic carbocycles. The van der Waals surface area contributed by atoms with Crippen LogP contribution >= 0.6 is 51.8 Å². The van der Waals surface area contributed by atoms with E-state index in [2.05, 4.69) is 9.98 Å². The van der Waals surface area contributed by atoms with Crippen LogP contribution in [0.3, 0.4) is 0 Å². The molecule has 4 N–H and O–H groups in total. The second-order valence-corrected chi connectivity index (χ2v) is 7.73. The van der Waals surface area contributed by atoms with Crippen molar-refractivity contribution in [1.29, 1.82) is 0 Å². The van der Waals surface area contributed by atoms with E-state index in [1.807, 2.05) is 0 Å². The van der Waals surface area contributed by atoms with E-state index in [4.69, 9.17) is 55.8 Å². The summed E-state index contributed by atoms with van der Waals surface area (Å²) in [5.41, 5.74) is 11.3. The van der Waals surface area contributed by atoms with Gasteiger partial charge in [-0.25, -0.2) is 4.99 Å². The maximum atomic E-state index is 6.10. The quantitative estimate of drug-likeness (QED) is 0.428. The van der Waals surface area contributed by atoms with E-state index < -0.39 is 5.66 Å². The zero-order valence-corrected chi connectivity index (χ0v) is 19.1. The molecule has 0 atom stereocenters. The van der Waals surface area contributed by atoms with Crippen molar-refractivity contribution in [2.45, 2.75) is 44.2 Å². The lowest BCUT2D eigenvalue weighted by atomic mass is 9.89. The minimum Gasteiger partial charge on any atom is -0.492 e. The molecule has 0 amide bonds. The van der Waals surface area contributed by atoms with Crippen molar-refractivity contribution >= 4 is 63.7 Å².